The maximum atomic E-state index is 12.1. The summed E-state index contributed by atoms with van der Waals surface area (Å²) in [6.07, 6.45) is 3.42. The van der Waals surface area contributed by atoms with E-state index in [0.717, 1.165) is 22.3 Å². The van der Waals surface area contributed by atoms with Crippen LogP contribution in [0.2, 0.25) is 0 Å². The normalized spacial score (nSPS) is 11.3. The molecule has 0 spiro atoms. The second kappa shape index (κ2) is 6.28. The first kappa shape index (κ1) is 15.9. The van der Waals surface area contributed by atoms with E-state index < -0.39 is 0 Å². The van der Waals surface area contributed by atoms with Crippen LogP contribution >= 0.6 is 0 Å². The van der Waals surface area contributed by atoms with E-state index in [9.17, 15) is 4.79 Å². The van der Waals surface area contributed by atoms with Crippen molar-refractivity contribution in [1.29, 1.82) is 0 Å². The SMILES string of the molecule is CC(C)(C)NC(=O)c1ccc(Nc2cccc3cccnc23)cn1. The third kappa shape index (κ3) is 3.68. The Morgan fingerprint density at radius 1 is 1.00 bits per heavy atom. The number of para-hydroxylation sites is 1. The summed E-state index contributed by atoms with van der Waals surface area (Å²) in [5.41, 5.74) is 2.72. The van der Waals surface area contributed by atoms with Crippen LogP contribution in [0.3, 0.4) is 0 Å². The molecule has 5 nitrogen and oxygen atoms in total. The molecule has 0 aliphatic carbocycles. The highest BCUT2D eigenvalue weighted by molar-refractivity contribution is 5.94. The average Bonchev–Trinajstić information content (AvgIpc) is 2.54. The minimum absolute atomic E-state index is 0.180. The van der Waals surface area contributed by atoms with Crippen LogP contribution in [0.5, 0.6) is 0 Å². The topological polar surface area (TPSA) is 66.9 Å². The van der Waals surface area contributed by atoms with Crippen molar-refractivity contribution in [3.63, 3.8) is 0 Å². The number of fused-ring (bicyclic) bond motifs is 1. The first-order valence-electron chi connectivity index (χ1n) is 7.82. The second-order valence-electron chi connectivity index (χ2n) is 6.64. The molecule has 0 bridgehead atoms. The van der Waals surface area contributed by atoms with Crippen LogP contribution < -0.4 is 10.6 Å². The van der Waals surface area contributed by atoms with Gasteiger partial charge in [-0.2, -0.15) is 0 Å². The minimum Gasteiger partial charge on any atom is -0.352 e. The summed E-state index contributed by atoms with van der Waals surface area (Å²) >= 11 is 0. The van der Waals surface area contributed by atoms with Crippen molar-refractivity contribution in [3.05, 3.63) is 60.6 Å². The van der Waals surface area contributed by atoms with Crippen LogP contribution in [0.4, 0.5) is 11.4 Å². The second-order valence-corrected chi connectivity index (χ2v) is 6.64. The fraction of sp³-hybridized carbons (Fsp3) is 0.211. The highest BCUT2D eigenvalue weighted by atomic mass is 16.2. The van der Waals surface area contributed by atoms with Gasteiger partial charge in [-0.15, -0.1) is 0 Å². The van der Waals surface area contributed by atoms with Gasteiger partial charge in [0.2, 0.25) is 0 Å². The fourth-order valence-corrected chi connectivity index (χ4v) is 2.37. The lowest BCUT2D eigenvalue weighted by Crippen LogP contribution is -2.40. The number of rotatable bonds is 3. The zero-order valence-corrected chi connectivity index (χ0v) is 14.0. The van der Waals surface area contributed by atoms with Gasteiger partial charge in [-0.3, -0.25) is 9.78 Å². The molecule has 1 aromatic carbocycles. The Hall–Kier alpha value is -2.95. The van der Waals surface area contributed by atoms with E-state index in [0.29, 0.717) is 5.69 Å². The number of aromatic nitrogens is 2. The van der Waals surface area contributed by atoms with Gasteiger partial charge in [-0.25, -0.2) is 4.98 Å². The molecule has 0 radical (unpaired) electrons. The van der Waals surface area contributed by atoms with E-state index in [4.69, 9.17) is 0 Å². The summed E-state index contributed by atoms with van der Waals surface area (Å²) in [5, 5.41) is 7.27. The smallest absolute Gasteiger partial charge is 0.270 e. The Bertz CT molecular complexity index is 861. The van der Waals surface area contributed by atoms with Crippen molar-refractivity contribution in [2.45, 2.75) is 26.3 Å². The molecule has 2 aromatic heterocycles. The predicted octanol–water partition coefficient (Wildman–Crippen LogP) is 3.90. The van der Waals surface area contributed by atoms with Crippen LogP contribution in [-0.4, -0.2) is 21.4 Å². The third-order valence-electron chi connectivity index (χ3n) is 3.40. The first-order chi connectivity index (χ1) is 11.4. The van der Waals surface area contributed by atoms with Crippen molar-refractivity contribution in [2.24, 2.45) is 0 Å². The Morgan fingerprint density at radius 3 is 2.50 bits per heavy atom. The highest BCUT2D eigenvalue weighted by Crippen LogP contribution is 2.24. The number of anilines is 2. The third-order valence-corrected chi connectivity index (χ3v) is 3.40. The maximum absolute atomic E-state index is 12.1. The molecule has 0 saturated heterocycles. The van der Waals surface area contributed by atoms with Gasteiger partial charge in [0.1, 0.15) is 5.69 Å². The number of carbonyl (C=O) groups excluding carboxylic acids is 1. The van der Waals surface area contributed by atoms with Crippen LogP contribution in [0.25, 0.3) is 10.9 Å². The molecule has 0 fully saturated rings. The van der Waals surface area contributed by atoms with Gasteiger partial charge >= 0.3 is 0 Å². The number of amides is 1. The van der Waals surface area contributed by atoms with Gasteiger partial charge < -0.3 is 10.6 Å². The van der Waals surface area contributed by atoms with Crippen LogP contribution in [0, 0.1) is 0 Å². The van der Waals surface area contributed by atoms with Crippen molar-refractivity contribution < 1.29 is 4.79 Å². The summed E-state index contributed by atoms with van der Waals surface area (Å²) in [5.74, 6) is -0.180. The molecular weight excluding hydrogens is 300 g/mol. The largest absolute Gasteiger partial charge is 0.352 e. The maximum Gasteiger partial charge on any atom is 0.270 e. The van der Waals surface area contributed by atoms with E-state index in [-0.39, 0.29) is 11.4 Å². The summed E-state index contributed by atoms with van der Waals surface area (Å²) in [4.78, 5) is 20.8. The Labute approximate surface area is 141 Å². The molecule has 0 atom stereocenters. The quantitative estimate of drug-likeness (QED) is 0.768. The van der Waals surface area contributed by atoms with Crippen molar-refractivity contribution in [3.8, 4) is 0 Å². The summed E-state index contributed by atoms with van der Waals surface area (Å²) in [6, 6.07) is 13.4. The number of nitrogens with zero attached hydrogens (tertiary/aromatic N) is 2. The van der Waals surface area contributed by atoms with Crippen LogP contribution in [0.1, 0.15) is 31.3 Å². The zero-order chi connectivity index (χ0) is 17.2. The van der Waals surface area contributed by atoms with Crippen molar-refractivity contribution >= 4 is 28.2 Å². The molecule has 24 heavy (non-hydrogen) atoms. The standard InChI is InChI=1S/C19H20N4O/c1-19(2,3)23-18(24)16-10-9-14(12-21-16)22-15-8-4-6-13-7-5-11-20-17(13)15/h4-12,22H,1-3H3,(H,23,24). The van der Waals surface area contributed by atoms with Crippen LogP contribution in [0.15, 0.2) is 54.9 Å². The van der Waals surface area contributed by atoms with E-state index in [1.54, 1.807) is 18.5 Å². The molecular formula is C19H20N4O. The lowest BCUT2D eigenvalue weighted by atomic mass is 10.1. The molecule has 0 aliphatic heterocycles. The fourth-order valence-electron chi connectivity index (χ4n) is 2.37. The molecule has 2 N–H and O–H groups in total. The minimum atomic E-state index is -0.287. The Morgan fingerprint density at radius 2 is 1.79 bits per heavy atom. The van der Waals surface area contributed by atoms with Gasteiger partial charge in [-0.1, -0.05) is 18.2 Å². The molecule has 3 aromatic rings. The number of benzene rings is 1. The van der Waals surface area contributed by atoms with Gasteiger partial charge in [0.25, 0.3) is 5.91 Å². The monoisotopic (exact) mass is 320 g/mol. The number of hydrogen-bond acceptors (Lipinski definition) is 4. The summed E-state index contributed by atoms with van der Waals surface area (Å²) in [7, 11) is 0. The molecule has 0 aliphatic rings. The summed E-state index contributed by atoms with van der Waals surface area (Å²) in [6.45, 7) is 5.82. The number of pyridine rings is 2. The molecule has 2 heterocycles. The molecule has 122 valence electrons. The van der Waals surface area contributed by atoms with E-state index in [2.05, 4.69) is 20.6 Å². The lowest BCUT2D eigenvalue weighted by molar-refractivity contribution is 0.0914. The molecule has 0 unspecified atom stereocenters. The Balaban J connectivity index is 1.80. The average molecular weight is 320 g/mol. The van der Waals surface area contributed by atoms with Gasteiger partial charge in [0.15, 0.2) is 0 Å². The van der Waals surface area contributed by atoms with Gasteiger partial charge in [0.05, 0.1) is 23.1 Å². The molecule has 1 amide bonds. The Kier molecular flexibility index (Phi) is 4.16. The predicted molar refractivity (Wildman–Crippen MR) is 96.5 cm³/mol. The van der Waals surface area contributed by atoms with E-state index in [1.807, 2.05) is 57.2 Å². The molecule has 3 rings (SSSR count). The number of hydrogen-bond donors (Lipinski definition) is 2. The van der Waals surface area contributed by atoms with E-state index in [1.165, 1.54) is 0 Å². The van der Waals surface area contributed by atoms with Gasteiger partial charge in [-0.05, 0) is 45.0 Å². The van der Waals surface area contributed by atoms with Gasteiger partial charge in [0, 0.05) is 17.1 Å². The first-order valence-corrected chi connectivity index (χ1v) is 7.82. The lowest BCUT2D eigenvalue weighted by Gasteiger charge is -2.20. The van der Waals surface area contributed by atoms with Crippen LogP contribution in [-0.2, 0) is 0 Å². The zero-order valence-electron chi connectivity index (χ0n) is 14.0. The number of nitrogens with one attached hydrogen (secondary N) is 2. The molecule has 0 saturated carbocycles. The highest BCUT2D eigenvalue weighted by Gasteiger charge is 2.16. The number of carbonyl (C=O) groups is 1. The molecule has 5 heteroatoms. The summed E-state index contributed by atoms with van der Waals surface area (Å²) < 4.78 is 0. The van der Waals surface area contributed by atoms with Crippen molar-refractivity contribution in [2.75, 3.05) is 5.32 Å². The van der Waals surface area contributed by atoms with Crippen molar-refractivity contribution in [1.82, 2.24) is 15.3 Å². The van der Waals surface area contributed by atoms with E-state index >= 15 is 0 Å².